The van der Waals surface area contributed by atoms with Crippen molar-refractivity contribution in [2.24, 2.45) is 0 Å². The molecule has 0 amide bonds. The molecule has 20 heavy (non-hydrogen) atoms. The van der Waals surface area contributed by atoms with Gasteiger partial charge in [0, 0.05) is 17.3 Å². The molecule has 3 aromatic rings. The minimum absolute atomic E-state index is 0.245. The quantitative estimate of drug-likeness (QED) is 0.668. The molecule has 0 radical (unpaired) electrons. The maximum absolute atomic E-state index is 6.54. The molecule has 0 aliphatic heterocycles. The molecule has 2 aromatic heterocycles. The van der Waals surface area contributed by atoms with Gasteiger partial charge in [0.2, 0.25) is 0 Å². The van der Waals surface area contributed by atoms with Gasteiger partial charge in [0.15, 0.2) is 0 Å². The van der Waals surface area contributed by atoms with Gasteiger partial charge in [-0.1, -0.05) is 18.2 Å². The molecule has 0 aliphatic carbocycles. The Morgan fingerprint density at radius 1 is 1.20 bits per heavy atom. The summed E-state index contributed by atoms with van der Waals surface area (Å²) in [5, 5.41) is 4.13. The lowest BCUT2D eigenvalue weighted by Crippen LogP contribution is -1.94. The second-order valence-electron chi connectivity index (χ2n) is 4.78. The van der Waals surface area contributed by atoms with E-state index < -0.39 is 0 Å². The van der Waals surface area contributed by atoms with Gasteiger partial charge < -0.3 is 4.42 Å². The number of hydrogen-bond acceptors (Lipinski definition) is 2. The standard InChI is InChI=1S/C16H15ClN2O/c1-11-8-15(12(2)20-11)16(17)13-9-18-19(10-13)14-6-4-3-5-7-14/h3-10,16H,1-2H3. The molecule has 0 bridgehead atoms. The van der Waals surface area contributed by atoms with Crippen LogP contribution < -0.4 is 0 Å². The highest BCUT2D eigenvalue weighted by Gasteiger charge is 2.18. The number of furan rings is 1. The largest absolute Gasteiger partial charge is 0.466 e. The van der Waals surface area contributed by atoms with Gasteiger partial charge >= 0.3 is 0 Å². The van der Waals surface area contributed by atoms with Crippen LogP contribution >= 0.6 is 11.6 Å². The molecular formula is C16H15ClN2O. The van der Waals surface area contributed by atoms with Gasteiger partial charge in [-0.25, -0.2) is 4.68 Å². The number of nitrogens with zero attached hydrogens (tertiary/aromatic N) is 2. The average molecular weight is 287 g/mol. The topological polar surface area (TPSA) is 31.0 Å². The van der Waals surface area contributed by atoms with Crippen molar-refractivity contribution in [2.75, 3.05) is 0 Å². The molecule has 0 saturated heterocycles. The first-order chi connectivity index (χ1) is 9.65. The fraction of sp³-hybridized carbons (Fsp3) is 0.188. The van der Waals surface area contributed by atoms with Gasteiger partial charge in [-0.3, -0.25) is 0 Å². The lowest BCUT2D eigenvalue weighted by Gasteiger charge is -2.05. The highest BCUT2D eigenvalue weighted by atomic mass is 35.5. The van der Waals surface area contributed by atoms with E-state index in [0.29, 0.717) is 0 Å². The van der Waals surface area contributed by atoms with Gasteiger partial charge in [-0.15, -0.1) is 11.6 Å². The Hall–Kier alpha value is -2.00. The maximum Gasteiger partial charge on any atom is 0.106 e. The molecule has 2 heterocycles. The molecule has 0 saturated carbocycles. The fourth-order valence-corrected chi connectivity index (χ4v) is 2.60. The first kappa shape index (κ1) is 13.0. The molecular weight excluding hydrogens is 272 g/mol. The van der Waals surface area contributed by atoms with Crippen LogP contribution in [0.3, 0.4) is 0 Å². The summed E-state index contributed by atoms with van der Waals surface area (Å²) in [6, 6.07) is 11.9. The van der Waals surface area contributed by atoms with Crippen molar-refractivity contribution < 1.29 is 4.42 Å². The number of alkyl halides is 1. The number of halogens is 1. The Balaban J connectivity index is 1.92. The maximum atomic E-state index is 6.54. The summed E-state index contributed by atoms with van der Waals surface area (Å²) in [7, 11) is 0. The SMILES string of the molecule is Cc1cc(C(Cl)c2cnn(-c3ccccc3)c2)c(C)o1. The van der Waals surface area contributed by atoms with E-state index in [1.807, 2.05) is 61.1 Å². The lowest BCUT2D eigenvalue weighted by atomic mass is 10.1. The van der Waals surface area contributed by atoms with Crippen molar-refractivity contribution in [3.8, 4) is 5.69 Å². The predicted molar refractivity (Wildman–Crippen MR) is 79.4 cm³/mol. The normalized spacial score (nSPS) is 12.6. The second kappa shape index (κ2) is 5.17. The Kier molecular flexibility index (Phi) is 3.36. The lowest BCUT2D eigenvalue weighted by molar-refractivity contribution is 0.501. The van der Waals surface area contributed by atoms with Crippen LogP contribution in [0.5, 0.6) is 0 Å². The minimum Gasteiger partial charge on any atom is -0.466 e. The number of para-hydroxylation sites is 1. The van der Waals surface area contributed by atoms with Crippen molar-refractivity contribution in [3.63, 3.8) is 0 Å². The minimum atomic E-state index is -0.245. The van der Waals surface area contributed by atoms with Crippen LogP contribution in [0, 0.1) is 13.8 Å². The highest BCUT2D eigenvalue weighted by molar-refractivity contribution is 6.22. The van der Waals surface area contributed by atoms with Crippen LogP contribution in [-0.2, 0) is 0 Å². The van der Waals surface area contributed by atoms with E-state index in [4.69, 9.17) is 16.0 Å². The number of benzene rings is 1. The summed E-state index contributed by atoms with van der Waals surface area (Å²) >= 11 is 6.54. The van der Waals surface area contributed by atoms with Crippen molar-refractivity contribution in [1.29, 1.82) is 0 Å². The molecule has 1 aromatic carbocycles. The van der Waals surface area contributed by atoms with Crippen molar-refractivity contribution >= 4 is 11.6 Å². The Morgan fingerprint density at radius 2 is 1.95 bits per heavy atom. The van der Waals surface area contributed by atoms with Crippen molar-refractivity contribution in [1.82, 2.24) is 9.78 Å². The number of rotatable bonds is 3. The van der Waals surface area contributed by atoms with Crippen LogP contribution in [0.4, 0.5) is 0 Å². The zero-order valence-electron chi connectivity index (χ0n) is 11.4. The van der Waals surface area contributed by atoms with Crippen LogP contribution in [0.15, 0.2) is 53.2 Å². The number of aromatic nitrogens is 2. The van der Waals surface area contributed by atoms with E-state index in [-0.39, 0.29) is 5.38 Å². The van der Waals surface area contributed by atoms with Gasteiger partial charge in [-0.05, 0) is 32.0 Å². The molecule has 3 rings (SSSR count). The summed E-state index contributed by atoms with van der Waals surface area (Å²) < 4.78 is 7.36. The zero-order chi connectivity index (χ0) is 14.1. The van der Waals surface area contributed by atoms with E-state index in [2.05, 4.69) is 5.10 Å². The molecule has 4 heteroatoms. The highest BCUT2D eigenvalue weighted by Crippen LogP contribution is 2.32. The third kappa shape index (κ3) is 2.37. The molecule has 3 nitrogen and oxygen atoms in total. The van der Waals surface area contributed by atoms with E-state index in [9.17, 15) is 0 Å². The Bertz CT molecular complexity index is 715. The summed E-state index contributed by atoms with van der Waals surface area (Å²) in [4.78, 5) is 0. The third-order valence-electron chi connectivity index (χ3n) is 3.27. The summed E-state index contributed by atoms with van der Waals surface area (Å²) in [5.41, 5.74) is 2.97. The smallest absolute Gasteiger partial charge is 0.106 e. The van der Waals surface area contributed by atoms with E-state index in [1.54, 1.807) is 6.20 Å². The van der Waals surface area contributed by atoms with Gasteiger partial charge in [0.1, 0.15) is 11.5 Å². The Labute approximate surface area is 122 Å². The van der Waals surface area contributed by atoms with Crippen LogP contribution in [0.1, 0.15) is 28.0 Å². The summed E-state index contributed by atoms with van der Waals surface area (Å²) in [5.74, 6) is 1.73. The first-order valence-corrected chi connectivity index (χ1v) is 6.90. The third-order valence-corrected chi connectivity index (χ3v) is 3.76. The van der Waals surface area contributed by atoms with Gasteiger partial charge in [-0.2, -0.15) is 5.10 Å². The van der Waals surface area contributed by atoms with Gasteiger partial charge in [0.25, 0.3) is 0 Å². The zero-order valence-corrected chi connectivity index (χ0v) is 12.1. The molecule has 0 aliphatic rings. The molecule has 0 fully saturated rings. The molecule has 1 atom stereocenters. The van der Waals surface area contributed by atoms with Crippen LogP contribution in [0.2, 0.25) is 0 Å². The van der Waals surface area contributed by atoms with E-state index >= 15 is 0 Å². The molecule has 0 N–H and O–H groups in total. The summed E-state index contributed by atoms with van der Waals surface area (Å²) in [6.07, 6.45) is 3.75. The van der Waals surface area contributed by atoms with Crippen molar-refractivity contribution in [3.05, 3.63) is 71.4 Å². The molecule has 1 unspecified atom stereocenters. The predicted octanol–water partition coefficient (Wildman–Crippen LogP) is 4.41. The van der Waals surface area contributed by atoms with E-state index in [0.717, 1.165) is 28.3 Å². The average Bonchev–Trinajstić information content (AvgIpc) is 3.06. The molecule has 0 spiro atoms. The first-order valence-electron chi connectivity index (χ1n) is 6.46. The van der Waals surface area contributed by atoms with E-state index in [1.165, 1.54) is 0 Å². The van der Waals surface area contributed by atoms with Crippen LogP contribution in [-0.4, -0.2) is 9.78 Å². The van der Waals surface area contributed by atoms with Crippen LogP contribution in [0.25, 0.3) is 5.69 Å². The second-order valence-corrected chi connectivity index (χ2v) is 5.22. The Morgan fingerprint density at radius 3 is 2.60 bits per heavy atom. The fourth-order valence-electron chi connectivity index (χ4n) is 2.27. The molecule has 102 valence electrons. The number of aryl methyl sites for hydroxylation is 2. The monoisotopic (exact) mass is 286 g/mol. The number of hydrogen-bond donors (Lipinski definition) is 0. The van der Waals surface area contributed by atoms with Gasteiger partial charge in [0.05, 0.1) is 17.3 Å². The van der Waals surface area contributed by atoms with Crippen molar-refractivity contribution in [2.45, 2.75) is 19.2 Å². The summed E-state index contributed by atoms with van der Waals surface area (Å²) in [6.45, 7) is 3.85.